The Morgan fingerprint density at radius 2 is 2.00 bits per heavy atom. The van der Waals surface area contributed by atoms with Crippen molar-refractivity contribution in [3.05, 3.63) is 33.1 Å². The van der Waals surface area contributed by atoms with Gasteiger partial charge in [0.25, 0.3) is 6.57 Å². The first-order valence-corrected chi connectivity index (χ1v) is 3.35. The smallest absolute Gasteiger partial charge is 0.0840 e. The number of rotatable bonds is 0. The zero-order chi connectivity index (χ0) is 7.56. The minimum Gasteiger partial charge on any atom is -0.0840 e. The van der Waals surface area contributed by atoms with Crippen molar-refractivity contribution in [2.24, 2.45) is 0 Å². The molecule has 0 aromatic heterocycles. The lowest BCUT2D eigenvalue weighted by atomic mass is 10.3. The van der Waals surface area contributed by atoms with E-state index >= 15 is 0 Å². The Kier molecular flexibility index (Phi) is 2.16. The summed E-state index contributed by atoms with van der Waals surface area (Å²) >= 11 is 11.3. The number of hydrogen-bond donors (Lipinski definition) is 0. The maximum Gasteiger partial charge on any atom is 0.359 e. The molecule has 0 fully saturated rings. The molecule has 0 aliphatic rings. The molecule has 1 nitrogen and oxygen atoms in total. The van der Waals surface area contributed by atoms with E-state index in [4.69, 9.17) is 29.8 Å². The second-order valence-corrected chi connectivity index (χ2v) is 2.57. The largest absolute Gasteiger partial charge is 0.359 e. The second-order valence-electron chi connectivity index (χ2n) is 1.72. The highest BCUT2D eigenvalue weighted by atomic mass is 35.5. The van der Waals surface area contributed by atoms with Crippen LogP contribution in [-0.4, -0.2) is 0 Å². The molecule has 0 spiro atoms. The molecule has 0 aliphatic heterocycles. The quantitative estimate of drug-likeness (QED) is 0.564. The molecule has 0 heterocycles. The molecule has 3 heteroatoms. The Bertz CT molecular complexity index is 288. The minimum absolute atomic E-state index is 0.506. The first-order valence-electron chi connectivity index (χ1n) is 2.60. The molecule has 0 unspecified atom stereocenters. The second kappa shape index (κ2) is 2.92. The molecule has 0 N–H and O–H groups in total. The van der Waals surface area contributed by atoms with E-state index in [1.165, 1.54) is 0 Å². The molecule has 1 aromatic rings. The summed E-state index contributed by atoms with van der Waals surface area (Å²) in [6.45, 7) is 5.00. The van der Waals surface area contributed by atoms with Crippen LogP contribution < -0.4 is 0 Å². The maximum absolute atomic E-state index is 5.66. The first-order chi connectivity index (χ1) is 4.74. The van der Waals surface area contributed by atoms with Crippen LogP contribution in [0.2, 0.25) is 10.0 Å². The lowest BCUT2D eigenvalue weighted by Gasteiger charge is -1.85. The van der Waals surface area contributed by atoms with Crippen LogP contribution in [0.15, 0.2) is 18.2 Å². The van der Waals surface area contributed by atoms with Crippen molar-refractivity contribution in [2.75, 3.05) is 0 Å². The monoisotopic (exact) mass is 172 g/mol. The van der Waals surface area contributed by atoms with Gasteiger partial charge in [-0.3, -0.25) is 0 Å². The third-order valence-corrected chi connectivity index (χ3v) is 1.60. The molecule has 1 aromatic carbocycles. The van der Waals surface area contributed by atoms with Crippen molar-refractivity contribution in [2.45, 2.75) is 0 Å². The zero-order valence-electron chi connectivity index (χ0n) is 5.01. The summed E-state index contributed by atoms with van der Waals surface area (Å²) in [5.41, 5.74) is 0.508. The Morgan fingerprint density at radius 3 is 2.50 bits per heavy atom. The van der Waals surface area contributed by atoms with Crippen molar-refractivity contribution in [1.29, 1.82) is 0 Å². The number of benzene rings is 1. The predicted molar refractivity (Wildman–Crippen MR) is 44.4 cm³/mol. The van der Waals surface area contributed by atoms with Crippen LogP contribution in [-0.2, 0) is 0 Å². The van der Waals surface area contributed by atoms with Gasteiger partial charge in [-0.05, 0) is 17.0 Å². The van der Waals surface area contributed by atoms with Gasteiger partial charge in [0, 0.05) is 11.1 Å². The Hall–Kier alpha value is -0.710. The highest BCUT2D eigenvalue weighted by molar-refractivity contribution is 6.35. The Labute approximate surface area is 69.0 Å². The maximum atomic E-state index is 5.66. The first kappa shape index (κ1) is 7.40. The zero-order valence-corrected chi connectivity index (χ0v) is 6.52. The van der Waals surface area contributed by atoms with Gasteiger partial charge in [-0.2, -0.15) is 0 Å². The van der Waals surface area contributed by atoms with E-state index in [1.54, 1.807) is 18.2 Å². The van der Waals surface area contributed by atoms with Crippen molar-refractivity contribution < 1.29 is 0 Å². The van der Waals surface area contributed by atoms with E-state index in [2.05, 4.69) is 4.85 Å². The van der Waals surface area contributed by atoms with E-state index in [0.717, 1.165) is 0 Å². The third kappa shape index (κ3) is 1.41. The van der Waals surface area contributed by atoms with Gasteiger partial charge in [0.15, 0.2) is 0 Å². The summed E-state index contributed by atoms with van der Waals surface area (Å²) in [5, 5.41) is 1.08. The van der Waals surface area contributed by atoms with Gasteiger partial charge in [0.05, 0.1) is 0 Å². The lowest BCUT2D eigenvalue weighted by Crippen LogP contribution is -1.65. The molecule has 0 saturated carbocycles. The van der Waals surface area contributed by atoms with Gasteiger partial charge in [-0.1, -0.05) is 23.2 Å². The van der Waals surface area contributed by atoms with E-state index < -0.39 is 0 Å². The standard InChI is InChI=1S/C7H4Cl2N/c1-10-7-4-5(8)2-3-6(7)9/h1-4H/q+1. The van der Waals surface area contributed by atoms with Crippen LogP contribution in [0, 0.1) is 6.57 Å². The van der Waals surface area contributed by atoms with Gasteiger partial charge in [-0.15, -0.1) is 0 Å². The van der Waals surface area contributed by atoms with Crippen molar-refractivity contribution >= 4 is 28.9 Å². The number of hydrogen-bond acceptors (Lipinski definition) is 0. The highest BCUT2D eigenvalue weighted by Gasteiger charge is 2.07. The Morgan fingerprint density at radius 1 is 1.30 bits per heavy atom. The summed E-state index contributed by atoms with van der Waals surface area (Å²) in [6.07, 6.45) is 0. The molecule has 0 amide bonds. The van der Waals surface area contributed by atoms with Gasteiger partial charge in [0.2, 0.25) is 0 Å². The molecule has 0 bridgehead atoms. The average Bonchev–Trinajstić information content (AvgIpc) is 1.94. The Balaban J connectivity index is 3.25. The van der Waals surface area contributed by atoms with E-state index in [9.17, 15) is 0 Å². The van der Waals surface area contributed by atoms with Crippen LogP contribution in [0.5, 0.6) is 0 Å². The fourth-order valence-electron chi connectivity index (χ4n) is 0.585. The molecule has 0 aliphatic carbocycles. The number of halogens is 2. The number of nitrogens with zero attached hydrogens (tertiary/aromatic N) is 1. The van der Waals surface area contributed by atoms with Crippen LogP contribution in [0.4, 0.5) is 5.69 Å². The van der Waals surface area contributed by atoms with Gasteiger partial charge < -0.3 is 0 Å². The molecule has 0 radical (unpaired) electrons. The lowest BCUT2D eigenvalue weighted by molar-refractivity contribution is 1.72. The highest BCUT2D eigenvalue weighted by Crippen LogP contribution is 2.27. The molecule has 50 valence electrons. The summed E-state index contributed by atoms with van der Waals surface area (Å²) in [6, 6.07) is 4.93. The van der Waals surface area contributed by atoms with Crippen LogP contribution >= 0.6 is 23.2 Å². The molecular weight excluding hydrogens is 169 g/mol. The normalized spacial score (nSPS) is 8.90. The summed E-state index contributed by atoms with van der Waals surface area (Å²) in [4.78, 5) is 3.41. The fourth-order valence-corrected chi connectivity index (χ4v) is 0.917. The molecule has 10 heavy (non-hydrogen) atoms. The van der Waals surface area contributed by atoms with Gasteiger partial charge in [-0.25, -0.2) is 0 Å². The summed E-state index contributed by atoms with van der Waals surface area (Å²) in [5.74, 6) is 0. The molecule has 1 rings (SSSR count). The fraction of sp³-hybridized carbons (Fsp3) is 0. The van der Waals surface area contributed by atoms with Crippen LogP contribution in [0.25, 0.3) is 4.85 Å². The van der Waals surface area contributed by atoms with Gasteiger partial charge in [0.1, 0.15) is 5.02 Å². The van der Waals surface area contributed by atoms with Gasteiger partial charge >= 0.3 is 5.69 Å². The van der Waals surface area contributed by atoms with Crippen molar-refractivity contribution in [3.63, 3.8) is 0 Å². The van der Waals surface area contributed by atoms with Crippen molar-refractivity contribution in [3.8, 4) is 6.57 Å². The minimum atomic E-state index is 0.506. The summed E-state index contributed by atoms with van der Waals surface area (Å²) < 4.78 is 0. The van der Waals surface area contributed by atoms with Crippen LogP contribution in [0.3, 0.4) is 0 Å². The van der Waals surface area contributed by atoms with Crippen molar-refractivity contribution in [1.82, 2.24) is 0 Å². The topological polar surface area (TPSA) is 4.36 Å². The van der Waals surface area contributed by atoms with E-state index in [-0.39, 0.29) is 0 Å². The SMILES string of the molecule is C#[N+]c1cc(Cl)ccc1Cl. The van der Waals surface area contributed by atoms with E-state index in [1.807, 2.05) is 0 Å². The molecule has 0 saturated heterocycles. The van der Waals surface area contributed by atoms with Crippen LogP contribution in [0.1, 0.15) is 0 Å². The third-order valence-electron chi connectivity index (χ3n) is 1.05. The molecule has 0 atom stereocenters. The average molecular weight is 173 g/mol. The summed E-state index contributed by atoms with van der Waals surface area (Å²) in [7, 11) is 0. The molecular formula is C7H4Cl2N+. The van der Waals surface area contributed by atoms with E-state index in [0.29, 0.717) is 15.7 Å². The predicted octanol–water partition coefficient (Wildman–Crippen LogP) is 3.59.